The van der Waals surface area contributed by atoms with Crippen molar-refractivity contribution in [1.82, 2.24) is 14.7 Å². The summed E-state index contributed by atoms with van der Waals surface area (Å²) in [6.07, 6.45) is 4.00. The molecule has 1 unspecified atom stereocenters. The third kappa shape index (κ3) is 5.33. The molecule has 20 heavy (non-hydrogen) atoms. The first kappa shape index (κ1) is 16.7. The molecule has 0 fully saturated rings. The lowest BCUT2D eigenvalue weighted by Crippen LogP contribution is -2.31. The SMILES string of the molecule is CCC(C)n1ccc(CN(CCCC(=O)O)C(C)C)n1. The highest BCUT2D eigenvalue weighted by Gasteiger charge is 2.13. The maximum absolute atomic E-state index is 10.6. The van der Waals surface area contributed by atoms with Crippen molar-refractivity contribution in [3.05, 3.63) is 18.0 Å². The third-order valence-electron chi connectivity index (χ3n) is 3.64. The molecular weight excluding hydrogens is 254 g/mol. The first-order valence-electron chi connectivity index (χ1n) is 7.43. The average molecular weight is 281 g/mol. The predicted octanol–water partition coefficient (Wildman–Crippen LogP) is 2.93. The normalized spacial score (nSPS) is 13.1. The summed E-state index contributed by atoms with van der Waals surface area (Å²) in [5.74, 6) is -0.727. The summed E-state index contributed by atoms with van der Waals surface area (Å²) in [5.41, 5.74) is 1.05. The van der Waals surface area contributed by atoms with E-state index in [1.165, 1.54) is 0 Å². The van der Waals surface area contributed by atoms with Gasteiger partial charge in [0.2, 0.25) is 0 Å². The van der Waals surface area contributed by atoms with Gasteiger partial charge in [0.25, 0.3) is 0 Å². The van der Waals surface area contributed by atoms with Crippen molar-refractivity contribution < 1.29 is 9.90 Å². The summed E-state index contributed by atoms with van der Waals surface area (Å²) in [5, 5.41) is 13.3. The van der Waals surface area contributed by atoms with Crippen molar-refractivity contribution in [3.8, 4) is 0 Å². The van der Waals surface area contributed by atoms with Gasteiger partial charge in [-0.05, 0) is 46.2 Å². The Kier molecular flexibility index (Phi) is 6.71. The van der Waals surface area contributed by atoms with Gasteiger partial charge >= 0.3 is 5.97 Å². The van der Waals surface area contributed by atoms with Crippen molar-refractivity contribution in [2.75, 3.05) is 6.54 Å². The van der Waals surface area contributed by atoms with Crippen LogP contribution in [0.4, 0.5) is 0 Å². The van der Waals surface area contributed by atoms with Gasteiger partial charge in [-0.1, -0.05) is 6.92 Å². The first-order chi connectivity index (χ1) is 9.43. The van der Waals surface area contributed by atoms with Gasteiger partial charge < -0.3 is 5.11 Å². The number of hydrogen-bond donors (Lipinski definition) is 1. The molecule has 0 radical (unpaired) electrons. The Balaban J connectivity index is 2.56. The van der Waals surface area contributed by atoms with Gasteiger partial charge in [0.1, 0.15) is 0 Å². The molecule has 0 aliphatic rings. The zero-order valence-corrected chi connectivity index (χ0v) is 13.0. The van der Waals surface area contributed by atoms with Gasteiger partial charge in [0.05, 0.1) is 5.69 Å². The highest BCUT2D eigenvalue weighted by atomic mass is 16.4. The zero-order chi connectivity index (χ0) is 15.1. The van der Waals surface area contributed by atoms with Crippen molar-refractivity contribution in [3.63, 3.8) is 0 Å². The molecule has 0 aliphatic carbocycles. The zero-order valence-electron chi connectivity index (χ0n) is 13.0. The fourth-order valence-electron chi connectivity index (χ4n) is 2.06. The second kappa shape index (κ2) is 8.04. The molecule has 0 saturated carbocycles. The number of aromatic nitrogens is 2. The first-order valence-corrected chi connectivity index (χ1v) is 7.43. The molecular formula is C15H27N3O2. The molecule has 1 aromatic heterocycles. The molecule has 0 amide bonds. The van der Waals surface area contributed by atoms with Crippen LogP contribution in [0.2, 0.25) is 0 Å². The number of carboxylic acid groups (broad SMARTS) is 1. The number of nitrogens with zero attached hydrogens (tertiary/aromatic N) is 3. The molecule has 0 aromatic carbocycles. The standard InChI is InChI=1S/C15H27N3O2/c1-5-13(4)18-10-8-14(16-18)11-17(12(2)3)9-6-7-15(19)20/h8,10,12-13H,5-7,9,11H2,1-4H3,(H,19,20). The minimum atomic E-state index is -0.727. The van der Waals surface area contributed by atoms with Crippen molar-refractivity contribution in [1.29, 1.82) is 0 Å². The number of hydrogen-bond acceptors (Lipinski definition) is 3. The second-order valence-corrected chi connectivity index (χ2v) is 5.61. The van der Waals surface area contributed by atoms with E-state index < -0.39 is 5.97 Å². The third-order valence-corrected chi connectivity index (χ3v) is 3.64. The summed E-state index contributed by atoms with van der Waals surface area (Å²) in [7, 11) is 0. The molecule has 1 heterocycles. The van der Waals surface area contributed by atoms with Crippen LogP contribution in [0.5, 0.6) is 0 Å². The van der Waals surface area contributed by atoms with Gasteiger partial charge in [0.15, 0.2) is 0 Å². The monoisotopic (exact) mass is 281 g/mol. The van der Waals surface area contributed by atoms with Gasteiger partial charge in [-0.25, -0.2) is 0 Å². The predicted molar refractivity (Wildman–Crippen MR) is 79.6 cm³/mol. The van der Waals surface area contributed by atoms with Crippen LogP contribution >= 0.6 is 0 Å². The summed E-state index contributed by atoms with van der Waals surface area (Å²) in [6.45, 7) is 10.1. The Morgan fingerprint density at radius 3 is 2.70 bits per heavy atom. The van der Waals surface area contributed by atoms with Crippen LogP contribution in [0, 0.1) is 0 Å². The fraction of sp³-hybridized carbons (Fsp3) is 0.733. The van der Waals surface area contributed by atoms with E-state index in [0.717, 1.165) is 25.2 Å². The Bertz CT molecular complexity index is 415. The molecule has 0 spiro atoms. The molecule has 114 valence electrons. The lowest BCUT2D eigenvalue weighted by Gasteiger charge is -2.25. The van der Waals surface area contributed by atoms with Gasteiger partial charge in [-0.2, -0.15) is 5.10 Å². The van der Waals surface area contributed by atoms with Crippen LogP contribution in [0.15, 0.2) is 12.3 Å². The molecule has 1 aromatic rings. The lowest BCUT2D eigenvalue weighted by molar-refractivity contribution is -0.137. The minimum Gasteiger partial charge on any atom is -0.481 e. The van der Waals surface area contributed by atoms with Crippen molar-refractivity contribution in [2.24, 2.45) is 0 Å². The van der Waals surface area contributed by atoms with Crippen LogP contribution in [0.1, 0.15) is 58.7 Å². The van der Waals surface area contributed by atoms with Gasteiger partial charge in [-0.15, -0.1) is 0 Å². The van der Waals surface area contributed by atoms with Crippen molar-refractivity contribution in [2.45, 2.75) is 65.6 Å². The van der Waals surface area contributed by atoms with E-state index >= 15 is 0 Å². The van der Waals surface area contributed by atoms with Crippen LogP contribution in [0.3, 0.4) is 0 Å². The molecule has 0 aliphatic heterocycles. The maximum atomic E-state index is 10.6. The topological polar surface area (TPSA) is 58.4 Å². The van der Waals surface area contributed by atoms with Crippen LogP contribution in [0.25, 0.3) is 0 Å². The molecule has 0 saturated heterocycles. The summed E-state index contributed by atoms with van der Waals surface area (Å²) < 4.78 is 2.01. The van der Waals surface area contributed by atoms with E-state index in [1.54, 1.807) is 0 Å². The Labute approximate surface area is 121 Å². The summed E-state index contributed by atoms with van der Waals surface area (Å²) >= 11 is 0. The Morgan fingerprint density at radius 1 is 1.45 bits per heavy atom. The van der Waals surface area contributed by atoms with E-state index in [2.05, 4.69) is 43.8 Å². The molecule has 5 nitrogen and oxygen atoms in total. The number of carbonyl (C=O) groups is 1. The van der Waals surface area contributed by atoms with Crippen LogP contribution < -0.4 is 0 Å². The molecule has 1 N–H and O–H groups in total. The average Bonchev–Trinajstić information content (AvgIpc) is 2.84. The quantitative estimate of drug-likeness (QED) is 0.756. The van der Waals surface area contributed by atoms with E-state index in [9.17, 15) is 4.79 Å². The lowest BCUT2D eigenvalue weighted by atomic mass is 10.2. The Morgan fingerprint density at radius 2 is 2.15 bits per heavy atom. The number of aliphatic carboxylic acids is 1. The fourth-order valence-corrected chi connectivity index (χ4v) is 2.06. The largest absolute Gasteiger partial charge is 0.481 e. The van der Waals surface area contributed by atoms with E-state index in [-0.39, 0.29) is 6.42 Å². The van der Waals surface area contributed by atoms with Crippen LogP contribution in [-0.4, -0.2) is 38.3 Å². The number of carboxylic acids is 1. The van der Waals surface area contributed by atoms with E-state index in [0.29, 0.717) is 18.5 Å². The minimum absolute atomic E-state index is 0.227. The summed E-state index contributed by atoms with van der Waals surface area (Å²) in [4.78, 5) is 12.9. The highest BCUT2D eigenvalue weighted by molar-refractivity contribution is 5.66. The Hall–Kier alpha value is -1.36. The van der Waals surface area contributed by atoms with Crippen molar-refractivity contribution >= 4 is 5.97 Å². The van der Waals surface area contributed by atoms with Gasteiger partial charge in [-0.3, -0.25) is 14.4 Å². The van der Waals surface area contributed by atoms with Gasteiger partial charge in [0, 0.05) is 31.2 Å². The van der Waals surface area contributed by atoms with E-state index in [4.69, 9.17) is 5.11 Å². The smallest absolute Gasteiger partial charge is 0.303 e. The maximum Gasteiger partial charge on any atom is 0.303 e. The number of rotatable bonds is 9. The van der Waals surface area contributed by atoms with E-state index in [1.807, 2.05) is 10.9 Å². The highest BCUT2D eigenvalue weighted by Crippen LogP contribution is 2.12. The molecule has 1 rings (SSSR count). The molecule has 5 heteroatoms. The molecule has 1 atom stereocenters. The summed E-state index contributed by atoms with van der Waals surface area (Å²) in [6, 6.07) is 2.86. The second-order valence-electron chi connectivity index (χ2n) is 5.61. The molecule has 0 bridgehead atoms. The van der Waals surface area contributed by atoms with Crippen LogP contribution in [-0.2, 0) is 11.3 Å².